The second kappa shape index (κ2) is 12.7. The summed E-state index contributed by atoms with van der Waals surface area (Å²) < 4.78 is 5.92. The number of nitro groups is 1. The fourth-order valence-electron chi connectivity index (χ4n) is 3.75. The van der Waals surface area contributed by atoms with Crippen LogP contribution in [0.4, 0.5) is 22.9 Å². The van der Waals surface area contributed by atoms with Crippen LogP contribution in [0.2, 0.25) is 0 Å². The van der Waals surface area contributed by atoms with Crippen LogP contribution in [0.1, 0.15) is 64.6 Å². The van der Waals surface area contributed by atoms with Crippen molar-refractivity contribution in [1.29, 1.82) is 0 Å². The Hall–Kier alpha value is -2.68. The number of aryl methyl sites for hydroxylation is 1. The van der Waals surface area contributed by atoms with Crippen LogP contribution in [0.3, 0.4) is 0 Å². The molecule has 0 amide bonds. The summed E-state index contributed by atoms with van der Waals surface area (Å²) in [5, 5.41) is 12.4. The molecule has 0 unspecified atom stereocenters. The van der Waals surface area contributed by atoms with E-state index in [9.17, 15) is 14.9 Å². The zero-order valence-electron chi connectivity index (χ0n) is 20.9. The molecule has 0 spiro atoms. The zero-order chi connectivity index (χ0) is 25.4. The number of rotatable bonds is 12. The molecule has 0 bridgehead atoms. The minimum Gasteiger partial charge on any atom is -0.465 e. The highest BCUT2D eigenvalue weighted by molar-refractivity contribution is 9.10. The van der Waals surface area contributed by atoms with Crippen LogP contribution < -0.4 is 9.80 Å². The van der Waals surface area contributed by atoms with Gasteiger partial charge in [0.25, 0.3) is 0 Å². The first-order valence-corrected chi connectivity index (χ1v) is 12.6. The van der Waals surface area contributed by atoms with Crippen molar-refractivity contribution in [2.24, 2.45) is 0 Å². The summed E-state index contributed by atoms with van der Waals surface area (Å²) in [6, 6.07) is 7.55. The van der Waals surface area contributed by atoms with Crippen LogP contribution in [0, 0.1) is 17.0 Å². The van der Waals surface area contributed by atoms with Crippen LogP contribution in [0.5, 0.6) is 0 Å². The number of benzene rings is 1. The molecule has 0 N–H and O–H groups in total. The minimum absolute atomic E-state index is 0.118. The molecule has 2 rings (SSSR count). The van der Waals surface area contributed by atoms with Gasteiger partial charge in [-0.25, -0.2) is 4.98 Å². The molecule has 1 heterocycles. The quantitative estimate of drug-likeness (QED) is 0.174. The van der Waals surface area contributed by atoms with E-state index in [0.29, 0.717) is 36.1 Å². The predicted octanol–water partition coefficient (Wildman–Crippen LogP) is 6.51. The largest absolute Gasteiger partial charge is 0.465 e. The first kappa shape index (κ1) is 27.6. The van der Waals surface area contributed by atoms with Crippen LogP contribution in [-0.4, -0.2) is 42.1 Å². The first-order chi connectivity index (χ1) is 16.1. The van der Waals surface area contributed by atoms with Gasteiger partial charge in [0.15, 0.2) is 0 Å². The van der Waals surface area contributed by atoms with Crippen molar-refractivity contribution < 1.29 is 14.5 Å². The fourth-order valence-corrected chi connectivity index (χ4v) is 4.36. The van der Waals surface area contributed by atoms with Gasteiger partial charge in [-0.3, -0.25) is 14.9 Å². The Kier molecular flexibility index (Phi) is 10.3. The van der Waals surface area contributed by atoms with Crippen molar-refractivity contribution in [3.8, 4) is 0 Å². The highest BCUT2D eigenvalue weighted by Crippen LogP contribution is 2.42. The number of carbonyl (C=O) groups is 1. The Morgan fingerprint density at radius 1 is 1.21 bits per heavy atom. The van der Waals surface area contributed by atoms with Crippen molar-refractivity contribution in [3.63, 3.8) is 0 Å². The fraction of sp³-hybridized carbons (Fsp3) is 0.520. The molecule has 2 aromatic rings. The lowest BCUT2D eigenvalue weighted by Crippen LogP contribution is -2.30. The second-order valence-electron chi connectivity index (χ2n) is 8.40. The third-order valence-electron chi connectivity index (χ3n) is 5.55. The van der Waals surface area contributed by atoms with Crippen LogP contribution in [-0.2, 0) is 9.53 Å². The molecular formula is C25H35BrN4O4. The smallest absolute Gasteiger partial charge is 0.335 e. The number of anilines is 3. The second-order valence-corrected chi connectivity index (χ2v) is 9.26. The maximum absolute atomic E-state index is 12.6. The molecule has 1 aromatic carbocycles. The van der Waals surface area contributed by atoms with Crippen LogP contribution >= 0.6 is 15.9 Å². The van der Waals surface area contributed by atoms with E-state index < -0.39 is 10.9 Å². The Bertz CT molecular complexity index is 1010. The molecule has 1 aromatic heterocycles. The summed E-state index contributed by atoms with van der Waals surface area (Å²) in [6.45, 7) is 13.1. The van der Waals surface area contributed by atoms with E-state index in [0.717, 1.165) is 22.9 Å². The van der Waals surface area contributed by atoms with Crippen molar-refractivity contribution in [2.45, 2.75) is 60.3 Å². The Morgan fingerprint density at radius 2 is 1.91 bits per heavy atom. The van der Waals surface area contributed by atoms with E-state index in [1.54, 1.807) is 17.9 Å². The number of esters is 1. The number of ether oxygens (including phenoxy) is 1. The van der Waals surface area contributed by atoms with E-state index in [2.05, 4.69) is 41.7 Å². The summed E-state index contributed by atoms with van der Waals surface area (Å²) in [7, 11) is 0. The predicted molar refractivity (Wildman–Crippen MR) is 140 cm³/mol. The van der Waals surface area contributed by atoms with Gasteiger partial charge in [0, 0.05) is 23.3 Å². The molecule has 0 saturated heterocycles. The van der Waals surface area contributed by atoms with E-state index in [1.165, 1.54) is 0 Å². The van der Waals surface area contributed by atoms with Crippen molar-refractivity contribution >= 4 is 44.8 Å². The molecular weight excluding hydrogens is 500 g/mol. The van der Waals surface area contributed by atoms with Gasteiger partial charge in [0.1, 0.15) is 12.2 Å². The molecule has 8 nitrogen and oxygen atoms in total. The lowest BCUT2D eigenvalue weighted by atomic mass is 10.0. The minimum atomic E-state index is -0.486. The molecule has 0 aliphatic rings. The van der Waals surface area contributed by atoms with Gasteiger partial charge in [-0.2, -0.15) is 0 Å². The summed E-state index contributed by atoms with van der Waals surface area (Å²) in [5.41, 5.74) is 2.74. The average molecular weight is 535 g/mol. The van der Waals surface area contributed by atoms with Gasteiger partial charge in [0.2, 0.25) is 5.82 Å². The number of hydrogen-bond acceptors (Lipinski definition) is 7. The Balaban J connectivity index is 2.77. The molecule has 9 heteroatoms. The number of nitrogens with zero attached hydrogens (tertiary/aromatic N) is 4. The normalized spacial score (nSPS) is 10.9. The van der Waals surface area contributed by atoms with Crippen molar-refractivity contribution in [3.05, 3.63) is 50.1 Å². The van der Waals surface area contributed by atoms with Gasteiger partial charge in [-0.15, -0.1) is 0 Å². The number of unbranched alkanes of at least 4 members (excludes halogenated alkanes) is 1. The number of halogens is 1. The van der Waals surface area contributed by atoms with Gasteiger partial charge in [-0.05, 0) is 72.8 Å². The summed E-state index contributed by atoms with van der Waals surface area (Å²) in [6.07, 6.45) is 1.89. The highest BCUT2D eigenvalue weighted by Gasteiger charge is 2.32. The first-order valence-electron chi connectivity index (χ1n) is 11.8. The van der Waals surface area contributed by atoms with Gasteiger partial charge < -0.3 is 14.5 Å². The lowest BCUT2D eigenvalue weighted by molar-refractivity contribution is -0.383. The summed E-state index contributed by atoms with van der Waals surface area (Å²) in [4.78, 5) is 32.7. The van der Waals surface area contributed by atoms with E-state index in [1.807, 2.05) is 36.9 Å². The molecule has 0 aliphatic heterocycles. The molecule has 0 saturated carbocycles. The molecule has 0 aliphatic carbocycles. The van der Waals surface area contributed by atoms with Crippen molar-refractivity contribution in [2.75, 3.05) is 36.0 Å². The molecule has 0 fully saturated rings. The summed E-state index contributed by atoms with van der Waals surface area (Å²) in [5.74, 6) is -0.0561. The summed E-state index contributed by atoms with van der Waals surface area (Å²) >= 11 is 3.62. The molecule has 186 valence electrons. The molecule has 34 heavy (non-hydrogen) atoms. The monoisotopic (exact) mass is 534 g/mol. The van der Waals surface area contributed by atoms with E-state index >= 15 is 0 Å². The Labute approximate surface area is 210 Å². The third-order valence-corrected chi connectivity index (χ3v) is 6.18. The SMILES string of the molecule is CCCCN(CC)c1cc(C)nc(N(CC(=O)OCC)c2ccc(C(C)C)cc2Br)c1[N+](=O)[O-]. The standard InChI is InChI=1S/C25H35BrN4O4/c1-7-10-13-28(8-2)22-14-18(6)27-25(24(22)30(32)33)29(16-23(31)34-9-3)21-12-11-19(17(4)5)15-20(21)26/h11-12,14-15,17H,7-10,13,16H2,1-6H3. The van der Waals surface area contributed by atoms with Gasteiger partial charge >= 0.3 is 11.7 Å². The molecule has 0 atom stereocenters. The zero-order valence-corrected chi connectivity index (χ0v) is 22.5. The van der Waals surface area contributed by atoms with Gasteiger partial charge in [0.05, 0.1) is 17.2 Å². The average Bonchev–Trinajstić information content (AvgIpc) is 2.77. The Morgan fingerprint density at radius 3 is 2.44 bits per heavy atom. The van der Waals surface area contributed by atoms with E-state index in [-0.39, 0.29) is 24.7 Å². The molecule has 0 radical (unpaired) electrons. The highest BCUT2D eigenvalue weighted by atomic mass is 79.9. The number of carbonyl (C=O) groups excluding carboxylic acids is 1. The van der Waals surface area contributed by atoms with Crippen LogP contribution in [0.25, 0.3) is 0 Å². The maximum Gasteiger partial charge on any atom is 0.335 e. The maximum atomic E-state index is 12.6. The number of aromatic nitrogens is 1. The topological polar surface area (TPSA) is 88.8 Å². The van der Waals surface area contributed by atoms with Crippen molar-refractivity contribution in [1.82, 2.24) is 4.98 Å². The van der Waals surface area contributed by atoms with E-state index in [4.69, 9.17) is 4.74 Å². The lowest BCUT2D eigenvalue weighted by Gasteiger charge is -2.28. The number of pyridine rings is 1. The van der Waals surface area contributed by atoms with Gasteiger partial charge in [-0.1, -0.05) is 33.3 Å². The number of hydrogen-bond donors (Lipinski definition) is 0. The van der Waals surface area contributed by atoms with Crippen LogP contribution in [0.15, 0.2) is 28.7 Å². The third kappa shape index (κ3) is 6.68.